The van der Waals surface area contributed by atoms with Gasteiger partial charge in [0.05, 0.1) is 5.69 Å². The summed E-state index contributed by atoms with van der Waals surface area (Å²) in [6.45, 7) is 1.39. The predicted octanol–water partition coefficient (Wildman–Crippen LogP) is 3.34. The molecule has 0 spiro atoms. The van der Waals surface area contributed by atoms with Gasteiger partial charge in [-0.25, -0.2) is 4.98 Å². The van der Waals surface area contributed by atoms with Gasteiger partial charge in [-0.05, 0) is 19.3 Å². The molecule has 3 heterocycles. The summed E-state index contributed by atoms with van der Waals surface area (Å²) in [4.78, 5) is 18.9. The Morgan fingerprint density at radius 2 is 2.04 bits per heavy atom. The first-order chi connectivity index (χ1) is 11.3. The summed E-state index contributed by atoms with van der Waals surface area (Å²) in [7, 11) is 0. The third-order valence-electron chi connectivity index (χ3n) is 5.05. The first kappa shape index (κ1) is 14.5. The third-order valence-corrected chi connectivity index (χ3v) is 5.05. The third kappa shape index (κ3) is 2.90. The van der Waals surface area contributed by atoms with Crippen molar-refractivity contribution in [3.8, 4) is 0 Å². The van der Waals surface area contributed by atoms with Gasteiger partial charge in [-0.1, -0.05) is 24.4 Å². The largest absolute Gasteiger partial charge is 0.448 e. The van der Waals surface area contributed by atoms with Gasteiger partial charge in [-0.3, -0.25) is 4.79 Å². The zero-order valence-electron chi connectivity index (χ0n) is 13.1. The molecule has 1 saturated heterocycles. The molecule has 2 fully saturated rings. The molecule has 6 heteroatoms. The van der Waals surface area contributed by atoms with Crippen LogP contribution in [0.15, 0.2) is 27.5 Å². The highest BCUT2D eigenvalue weighted by Gasteiger charge is 2.31. The number of hydrogen-bond acceptors (Lipinski definition) is 5. The number of nitrogens with zero attached hydrogens (tertiary/aromatic N) is 3. The van der Waals surface area contributed by atoms with Crippen molar-refractivity contribution in [2.45, 2.75) is 50.4 Å². The summed E-state index contributed by atoms with van der Waals surface area (Å²) in [5.41, 5.74) is 1.36. The number of rotatable bonds is 3. The Morgan fingerprint density at radius 3 is 2.83 bits per heavy atom. The fourth-order valence-corrected chi connectivity index (χ4v) is 3.70. The number of hydrogen-bond donors (Lipinski definition) is 0. The molecule has 1 unspecified atom stereocenters. The monoisotopic (exact) mass is 315 g/mol. The average Bonchev–Trinajstić information content (AvgIpc) is 3.35. The first-order valence-corrected chi connectivity index (χ1v) is 8.46. The summed E-state index contributed by atoms with van der Waals surface area (Å²) in [6, 6.07) is 1.87. The van der Waals surface area contributed by atoms with E-state index in [0.29, 0.717) is 18.2 Å². The summed E-state index contributed by atoms with van der Waals surface area (Å²) >= 11 is 0. The van der Waals surface area contributed by atoms with Gasteiger partial charge < -0.3 is 13.8 Å². The summed E-state index contributed by atoms with van der Waals surface area (Å²) in [6.07, 6.45) is 9.98. The summed E-state index contributed by atoms with van der Waals surface area (Å²) in [5.74, 6) is 1.33. The van der Waals surface area contributed by atoms with Crippen LogP contribution in [-0.2, 0) is 0 Å². The molecule has 0 radical (unpaired) electrons. The number of likely N-dealkylation sites (tertiary alicyclic amines) is 1. The maximum absolute atomic E-state index is 12.6. The molecule has 1 aliphatic heterocycles. The number of amides is 1. The van der Waals surface area contributed by atoms with E-state index in [1.807, 2.05) is 11.0 Å². The normalized spacial score (nSPS) is 22.6. The predicted molar refractivity (Wildman–Crippen MR) is 82.1 cm³/mol. The number of oxazole rings is 1. The van der Waals surface area contributed by atoms with Crippen LogP contribution >= 0.6 is 0 Å². The van der Waals surface area contributed by atoms with E-state index in [2.05, 4.69) is 10.1 Å². The maximum atomic E-state index is 12.6. The van der Waals surface area contributed by atoms with Crippen molar-refractivity contribution in [2.24, 2.45) is 0 Å². The fraction of sp³-hybridized carbons (Fsp3) is 0.588. The van der Waals surface area contributed by atoms with Crippen molar-refractivity contribution >= 4 is 5.91 Å². The molecule has 23 heavy (non-hydrogen) atoms. The van der Waals surface area contributed by atoms with Gasteiger partial charge in [0.25, 0.3) is 5.91 Å². The molecule has 2 aromatic rings. The lowest BCUT2D eigenvalue weighted by atomic mass is 9.89. The van der Waals surface area contributed by atoms with Crippen LogP contribution in [0.5, 0.6) is 0 Å². The van der Waals surface area contributed by atoms with Crippen LogP contribution in [0.2, 0.25) is 0 Å². The molecule has 6 nitrogen and oxygen atoms in total. The van der Waals surface area contributed by atoms with Crippen LogP contribution in [0, 0.1) is 0 Å². The van der Waals surface area contributed by atoms with Gasteiger partial charge in [-0.2, -0.15) is 0 Å². The molecule has 2 aliphatic rings. The molecule has 1 amide bonds. The Bertz CT molecular complexity index is 658. The van der Waals surface area contributed by atoms with Gasteiger partial charge in [0, 0.05) is 31.0 Å². The molecule has 1 atom stereocenters. The van der Waals surface area contributed by atoms with E-state index in [9.17, 15) is 4.79 Å². The van der Waals surface area contributed by atoms with E-state index < -0.39 is 0 Å². The van der Waals surface area contributed by atoms with Gasteiger partial charge in [0.2, 0.25) is 0 Å². The van der Waals surface area contributed by atoms with E-state index in [0.717, 1.165) is 37.4 Å². The van der Waals surface area contributed by atoms with E-state index in [1.54, 1.807) is 6.26 Å². The Hall–Kier alpha value is -2.11. The van der Waals surface area contributed by atoms with Crippen LogP contribution in [0.25, 0.3) is 0 Å². The molecular formula is C17H21N3O3. The second-order valence-corrected chi connectivity index (χ2v) is 6.57. The lowest BCUT2D eigenvalue weighted by molar-refractivity contribution is 0.0784. The minimum absolute atomic E-state index is 0.0400. The van der Waals surface area contributed by atoms with Crippen LogP contribution in [0.1, 0.15) is 72.4 Å². The quantitative estimate of drug-likeness (QED) is 0.868. The minimum Gasteiger partial charge on any atom is -0.448 e. The standard InChI is InChI=1S/C17H21N3O3/c21-17(20-8-6-13(10-20)14-7-9-23-19-14)15-11-22-16(18-15)12-4-2-1-3-5-12/h7,9,11-13H,1-6,8,10H2. The van der Waals surface area contributed by atoms with E-state index >= 15 is 0 Å². The van der Waals surface area contributed by atoms with Crippen molar-refractivity contribution in [3.63, 3.8) is 0 Å². The topological polar surface area (TPSA) is 72.4 Å². The highest BCUT2D eigenvalue weighted by molar-refractivity contribution is 5.92. The van der Waals surface area contributed by atoms with Crippen molar-refractivity contribution in [2.75, 3.05) is 13.1 Å². The zero-order chi connectivity index (χ0) is 15.6. The van der Waals surface area contributed by atoms with Crippen LogP contribution in [0.4, 0.5) is 0 Å². The van der Waals surface area contributed by atoms with E-state index in [4.69, 9.17) is 8.94 Å². The van der Waals surface area contributed by atoms with E-state index in [1.165, 1.54) is 25.5 Å². The molecule has 0 bridgehead atoms. The van der Waals surface area contributed by atoms with Crippen molar-refractivity contribution in [1.29, 1.82) is 0 Å². The van der Waals surface area contributed by atoms with Crippen molar-refractivity contribution in [3.05, 3.63) is 35.9 Å². The van der Waals surface area contributed by atoms with Gasteiger partial charge in [-0.15, -0.1) is 0 Å². The smallest absolute Gasteiger partial charge is 0.275 e. The van der Waals surface area contributed by atoms with Gasteiger partial charge in [0.15, 0.2) is 11.6 Å². The number of carbonyl (C=O) groups is 1. The lowest BCUT2D eigenvalue weighted by Crippen LogP contribution is -2.28. The molecule has 122 valence electrons. The van der Waals surface area contributed by atoms with Gasteiger partial charge in [0.1, 0.15) is 12.5 Å². The van der Waals surface area contributed by atoms with E-state index in [-0.39, 0.29) is 11.8 Å². The highest BCUT2D eigenvalue weighted by Crippen LogP contribution is 2.32. The number of carbonyl (C=O) groups excluding carboxylic acids is 1. The average molecular weight is 315 g/mol. The molecule has 0 aromatic carbocycles. The van der Waals surface area contributed by atoms with Crippen LogP contribution in [-0.4, -0.2) is 34.0 Å². The SMILES string of the molecule is O=C(c1coc(C2CCCCC2)n1)N1CCC(c2ccon2)C1. The van der Waals surface area contributed by atoms with Crippen molar-refractivity contribution in [1.82, 2.24) is 15.0 Å². The Kier molecular flexibility index (Phi) is 3.89. The highest BCUT2D eigenvalue weighted by atomic mass is 16.5. The maximum Gasteiger partial charge on any atom is 0.275 e. The van der Waals surface area contributed by atoms with Gasteiger partial charge >= 0.3 is 0 Å². The van der Waals surface area contributed by atoms with Crippen molar-refractivity contribution < 1.29 is 13.7 Å². The molecule has 1 aliphatic carbocycles. The Balaban J connectivity index is 1.42. The molecule has 2 aromatic heterocycles. The van der Waals surface area contributed by atoms with Crippen LogP contribution < -0.4 is 0 Å². The summed E-state index contributed by atoms with van der Waals surface area (Å²) in [5, 5.41) is 3.98. The lowest BCUT2D eigenvalue weighted by Gasteiger charge is -2.18. The second kappa shape index (κ2) is 6.18. The minimum atomic E-state index is -0.0400. The molecule has 1 saturated carbocycles. The fourth-order valence-electron chi connectivity index (χ4n) is 3.70. The molecule has 4 rings (SSSR count). The van der Waals surface area contributed by atoms with Crippen LogP contribution in [0.3, 0.4) is 0 Å². The first-order valence-electron chi connectivity index (χ1n) is 8.46. The Morgan fingerprint density at radius 1 is 1.17 bits per heavy atom. The molecular weight excluding hydrogens is 294 g/mol. The zero-order valence-corrected chi connectivity index (χ0v) is 13.1. The Labute approximate surface area is 134 Å². The summed E-state index contributed by atoms with van der Waals surface area (Å²) < 4.78 is 10.5. The second-order valence-electron chi connectivity index (χ2n) is 6.57. The number of aromatic nitrogens is 2. The molecule has 0 N–H and O–H groups in total.